The fourth-order valence-electron chi connectivity index (χ4n) is 5.74. The van der Waals surface area contributed by atoms with Gasteiger partial charge in [0.1, 0.15) is 0 Å². The number of likely N-dealkylation sites (N-methyl/N-ethyl adjacent to an activating group) is 1. The number of hydrogen-bond acceptors (Lipinski definition) is 7. The van der Waals surface area contributed by atoms with Crippen LogP contribution >= 0.6 is 22.9 Å². The lowest BCUT2D eigenvalue weighted by Gasteiger charge is -2.32. The zero-order chi connectivity index (χ0) is 28.6. The minimum atomic E-state index is -0.553. The number of nitrogens with one attached hydrogen (secondary N) is 2. The second-order valence-electron chi connectivity index (χ2n) is 11.3. The molecule has 1 aromatic carbocycles. The molecule has 0 spiro atoms. The molecule has 1 aromatic heterocycles. The molecule has 1 saturated carbocycles. The van der Waals surface area contributed by atoms with Crippen LogP contribution < -0.4 is 10.6 Å². The van der Waals surface area contributed by atoms with Gasteiger partial charge in [-0.25, -0.2) is 4.98 Å². The van der Waals surface area contributed by atoms with E-state index in [-0.39, 0.29) is 30.1 Å². The first-order chi connectivity index (χ1) is 19.2. The number of carbonyl (C=O) groups is 3. The minimum Gasteiger partial charge on any atom is -0.359 e. The topological polar surface area (TPSA) is 94.6 Å². The average Bonchev–Trinajstić information content (AvgIpc) is 3.61. The van der Waals surface area contributed by atoms with Gasteiger partial charge >= 0.3 is 0 Å². The zero-order valence-corrected chi connectivity index (χ0v) is 25.3. The second kappa shape index (κ2) is 14.5. The smallest absolute Gasteiger partial charge is 0.224 e. The van der Waals surface area contributed by atoms with E-state index in [0.717, 1.165) is 67.1 Å². The van der Waals surface area contributed by atoms with Crippen LogP contribution in [0.4, 0.5) is 0 Å². The molecule has 0 bridgehead atoms. The standard InChI is InChI=1S/C30H42ClN5O3S/c1-20(19-36-14-12-35(3)13-15-36)26(37)11-10-24(21-6-4-5-7-21)34-30(39)22(16-28(38)32-2)17-29-33-25-9-8-23(31)18-27(25)40-29/h8-9,18,21-22,24H,1,4-7,10-17,19H2,2-3H3,(H,32,38)(H,34,39)/t22-,24+/m0/s1. The van der Waals surface area contributed by atoms with E-state index in [4.69, 9.17) is 11.6 Å². The molecule has 10 heteroatoms. The van der Waals surface area contributed by atoms with Gasteiger partial charge in [-0.2, -0.15) is 0 Å². The van der Waals surface area contributed by atoms with Crippen LogP contribution in [0.1, 0.15) is 50.0 Å². The summed E-state index contributed by atoms with van der Waals surface area (Å²) in [5.74, 6) is -0.472. The quantitative estimate of drug-likeness (QED) is 0.343. The van der Waals surface area contributed by atoms with Gasteiger partial charge in [0.25, 0.3) is 0 Å². The first-order valence-corrected chi connectivity index (χ1v) is 15.6. The molecule has 1 aliphatic carbocycles. The highest BCUT2D eigenvalue weighted by molar-refractivity contribution is 7.18. The third-order valence-corrected chi connectivity index (χ3v) is 9.56. The van der Waals surface area contributed by atoms with Gasteiger partial charge in [-0.3, -0.25) is 19.3 Å². The van der Waals surface area contributed by atoms with Crippen LogP contribution in [0.25, 0.3) is 10.2 Å². The Morgan fingerprint density at radius 1 is 1.18 bits per heavy atom. The molecule has 0 radical (unpaired) electrons. The van der Waals surface area contributed by atoms with Gasteiger partial charge in [0.15, 0.2) is 5.78 Å². The third-order valence-electron chi connectivity index (χ3n) is 8.28. The van der Waals surface area contributed by atoms with Crippen molar-refractivity contribution in [2.75, 3.05) is 46.8 Å². The molecule has 2 amide bonds. The number of carbonyl (C=O) groups excluding carboxylic acids is 3. The average molecular weight is 588 g/mol. The molecule has 218 valence electrons. The number of Topliss-reactive ketones (excluding diaryl/α,β-unsaturated/α-hetero) is 1. The van der Waals surface area contributed by atoms with E-state index in [1.54, 1.807) is 13.1 Å². The number of ketones is 1. The van der Waals surface area contributed by atoms with Gasteiger partial charge in [-0.15, -0.1) is 11.3 Å². The van der Waals surface area contributed by atoms with Crippen molar-refractivity contribution in [1.29, 1.82) is 0 Å². The molecule has 2 atom stereocenters. The Balaban J connectivity index is 1.39. The summed E-state index contributed by atoms with van der Waals surface area (Å²) in [6, 6.07) is 5.44. The Hall–Kier alpha value is -2.33. The van der Waals surface area contributed by atoms with Crippen LogP contribution in [0.15, 0.2) is 30.4 Å². The number of nitrogens with zero attached hydrogens (tertiary/aromatic N) is 3. The molecule has 2 N–H and O–H groups in total. The Labute approximate surface area is 246 Å². The fourth-order valence-corrected chi connectivity index (χ4v) is 7.06. The van der Waals surface area contributed by atoms with E-state index in [0.29, 0.717) is 42.3 Å². The first kappa shape index (κ1) is 30.6. The van der Waals surface area contributed by atoms with Gasteiger partial charge in [-0.05, 0) is 50.4 Å². The van der Waals surface area contributed by atoms with Crippen molar-refractivity contribution in [1.82, 2.24) is 25.4 Å². The van der Waals surface area contributed by atoms with Crippen molar-refractivity contribution in [3.05, 3.63) is 40.4 Å². The van der Waals surface area contributed by atoms with Crippen LogP contribution in [0.2, 0.25) is 5.02 Å². The Morgan fingerprint density at radius 2 is 1.90 bits per heavy atom. The second-order valence-corrected chi connectivity index (χ2v) is 12.9. The molecule has 40 heavy (non-hydrogen) atoms. The fraction of sp³-hybridized carbons (Fsp3) is 0.600. The first-order valence-electron chi connectivity index (χ1n) is 14.4. The monoisotopic (exact) mass is 587 g/mol. The Kier molecular flexibility index (Phi) is 11.1. The van der Waals surface area contributed by atoms with Crippen LogP contribution in [0.3, 0.4) is 0 Å². The summed E-state index contributed by atoms with van der Waals surface area (Å²) in [4.78, 5) is 48.3. The molecule has 2 fully saturated rings. The minimum absolute atomic E-state index is 0.0752. The highest BCUT2D eigenvalue weighted by Gasteiger charge is 2.31. The maximum atomic E-state index is 13.7. The van der Waals surface area contributed by atoms with Crippen molar-refractivity contribution < 1.29 is 14.4 Å². The number of thiazole rings is 1. The number of amides is 2. The molecule has 2 aromatic rings. The van der Waals surface area contributed by atoms with Gasteiger partial charge in [-0.1, -0.05) is 31.0 Å². The molecule has 1 aliphatic heterocycles. The highest BCUT2D eigenvalue weighted by atomic mass is 35.5. The van der Waals surface area contributed by atoms with Crippen molar-refractivity contribution in [3.63, 3.8) is 0 Å². The third kappa shape index (κ3) is 8.59. The maximum Gasteiger partial charge on any atom is 0.224 e. The SMILES string of the molecule is C=C(CN1CCN(C)CC1)C(=O)CC[C@@H](NC(=O)[C@@H](CC(=O)NC)Cc1nc2ccc(Cl)cc2s1)C1CCCC1. The van der Waals surface area contributed by atoms with Crippen molar-refractivity contribution >= 4 is 50.8 Å². The summed E-state index contributed by atoms with van der Waals surface area (Å²) in [5, 5.41) is 7.37. The molecule has 4 rings (SSSR count). The molecular formula is C30H42ClN5O3S. The molecule has 1 saturated heterocycles. The van der Waals surface area contributed by atoms with E-state index in [1.807, 2.05) is 12.1 Å². The predicted molar refractivity (Wildman–Crippen MR) is 162 cm³/mol. The largest absolute Gasteiger partial charge is 0.359 e. The summed E-state index contributed by atoms with van der Waals surface area (Å²) in [6.07, 6.45) is 5.76. The van der Waals surface area contributed by atoms with Gasteiger partial charge in [0.2, 0.25) is 11.8 Å². The highest BCUT2D eigenvalue weighted by Crippen LogP contribution is 2.31. The summed E-state index contributed by atoms with van der Waals surface area (Å²) in [6.45, 7) is 8.58. The van der Waals surface area contributed by atoms with E-state index < -0.39 is 5.92 Å². The van der Waals surface area contributed by atoms with E-state index in [1.165, 1.54) is 11.3 Å². The maximum absolute atomic E-state index is 13.7. The Morgan fingerprint density at radius 3 is 2.60 bits per heavy atom. The molecule has 2 aliphatic rings. The van der Waals surface area contributed by atoms with Crippen LogP contribution in [-0.2, 0) is 20.8 Å². The molecule has 2 heterocycles. The number of rotatable bonds is 13. The van der Waals surface area contributed by atoms with Gasteiger partial charge in [0, 0.05) is 75.7 Å². The normalized spacial score (nSPS) is 18.5. The van der Waals surface area contributed by atoms with Crippen molar-refractivity contribution in [2.45, 2.75) is 57.4 Å². The lowest BCUT2D eigenvalue weighted by atomic mass is 9.91. The number of halogens is 1. The molecule has 0 unspecified atom stereocenters. The lowest BCUT2D eigenvalue weighted by Crippen LogP contribution is -2.45. The summed E-state index contributed by atoms with van der Waals surface area (Å²) in [5.41, 5.74) is 1.48. The predicted octanol–water partition coefficient (Wildman–Crippen LogP) is 4.07. The van der Waals surface area contributed by atoms with Crippen LogP contribution in [0.5, 0.6) is 0 Å². The van der Waals surface area contributed by atoms with E-state index in [2.05, 4.69) is 39.0 Å². The summed E-state index contributed by atoms with van der Waals surface area (Å²) in [7, 11) is 3.70. The van der Waals surface area contributed by atoms with Gasteiger partial charge < -0.3 is 15.5 Å². The number of fused-ring (bicyclic) bond motifs is 1. The van der Waals surface area contributed by atoms with Crippen molar-refractivity contribution in [2.24, 2.45) is 11.8 Å². The lowest BCUT2D eigenvalue weighted by molar-refractivity contribution is -0.131. The van der Waals surface area contributed by atoms with Crippen LogP contribution in [-0.4, -0.2) is 85.2 Å². The number of piperazine rings is 1. The van der Waals surface area contributed by atoms with E-state index in [9.17, 15) is 14.4 Å². The summed E-state index contributed by atoms with van der Waals surface area (Å²) < 4.78 is 0.959. The summed E-state index contributed by atoms with van der Waals surface area (Å²) >= 11 is 7.64. The van der Waals surface area contributed by atoms with Gasteiger partial charge in [0.05, 0.1) is 21.1 Å². The zero-order valence-electron chi connectivity index (χ0n) is 23.7. The molecule has 8 nitrogen and oxygen atoms in total. The number of aromatic nitrogens is 1. The Bertz CT molecular complexity index is 1200. The van der Waals surface area contributed by atoms with E-state index >= 15 is 0 Å². The number of hydrogen-bond donors (Lipinski definition) is 2. The van der Waals surface area contributed by atoms with Crippen LogP contribution in [0, 0.1) is 11.8 Å². The molecular weight excluding hydrogens is 546 g/mol. The van der Waals surface area contributed by atoms with Crippen molar-refractivity contribution in [3.8, 4) is 0 Å². The number of benzene rings is 1.